The van der Waals surface area contributed by atoms with Crippen LogP contribution in [-0.4, -0.2) is 15.5 Å². The lowest BCUT2D eigenvalue weighted by Crippen LogP contribution is -2.32. The summed E-state index contributed by atoms with van der Waals surface area (Å²) in [6, 6.07) is 3.90. The van der Waals surface area contributed by atoms with Gasteiger partial charge in [-0.1, -0.05) is 30.1 Å². The first-order valence-electron chi connectivity index (χ1n) is 4.78. The Morgan fingerprint density at radius 2 is 1.82 bits per heavy atom. The molecule has 0 aliphatic heterocycles. The third kappa shape index (κ3) is 2.97. The molecule has 0 saturated heterocycles. The van der Waals surface area contributed by atoms with E-state index in [2.05, 4.69) is 21.4 Å². The first-order valence-corrected chi connectivity index (χ1v) is 5.54. The summed E-state index contributed by atoms with van der Waals surface area (Å²) in [5.74, 6) is 0.130. The van der Waals surface area contributed by atoms with E-state index in [4.69, 9.17) is 33.7 Å². The fourth-order valence-electron chi connectivity index (χ4n) is 0.998. The van der Waals surface area contributed by atoms with Gasteiger partial charge in [0.1, 0.15) is 17.2 Å². The summed E-state index contributed by atoms with van der Waals surface area (Å²) < 4.78 is 0. The van der Waals surface area contributed by atoms with Gasteiger partial charge in [0, 0.05) is 0 Å². The highest BCUT2D eigenvalue weighted by Crippen LogP contribution is 2.23. The van der Waals surface area contributed by atoms with Gasteiger partial charge in [-0.3, -0.25) is 0 Å². The Kier molecular flexibility index (Phi) is 4.11. The van der Waals surface area contributed by atoms with Crippen LogP contribution in [0.1, 0.15) is 25.8 Å². The van der Waals surface area contributed by atoms with Crippen LogP contribution in [-0.2, 0) is 0 Å². The van der Waals surface area contributed by atoms with Gasteiger partial charge in [0.25, 0.3) is 0 Å². The lowest BCUT2D eigenvalue weighted by Gasteiger charge is -2.21. The van der Waals surface area contributed by atoms with Crippen molar-refractivity contribution >= 4 is 29.2 Å². The van der Waals surface area contributed by atoms with Gasteiger partial charge >= 0.3 is 0 Å². The van der Waals surface area contributed by atoms with E-state index < -0.39 is 5.54 Å². The molecule has 7 heteroatoms. The van der Waals surface area contributed by atoms with Crippen molar-refractivity contribution in [1.82, 2.24) is 9.97 Å². The van der Waals surface area contributed by atoms with Crippen molar-refractivity contribution in [1.29, 1.82) is 10.5 Å². The number of nitriles is 2. The normalized spacial score (nSPS) is 13.3. The van der Waals surface area contributed by atoms with Gasteiger partial charge in [0.05, 0.1) is 6.07 Å². The maximum absolute atomic E-state index is 9.00. The lowest BCUT2D eigenvalue weighted by atomic mass is 10.0. The van der Waals surface area contributed by atoms with E-state index in [0.29, 0.717) is 6.42 Å². The minimum absolute atomic E-state index is 0.0223. The molecule has 17 heavy (non-hydrogen) atoms. The highest BCUT2D eigenvalue weighted by molar-refractivity contribution is 6.35. The molecule has 1 rings (SSSR count). The maximum Gasteiger partial charge on any atom is 0.226 e. The summed E-state index contributed by atoms with van der Waals surface area (Å²) in [6.45, 7) is 3.56. The van der Waals surface area contributed by atoms with Crippen molar-refractivity contribution in [2.24, 2.45) is 0 Å². The monoisotopic (exact) mass is 269 g/mol. The number of anilines is 1. The Morgan fingerprint density at radius 1 is 1.29 bits per heavy atom. The van der Waals surface area contributed by atoms with Crippen molar-refractivity contribution in [3.63, 3.8) is 0 Å². The lowest BCUT2D eigenvalue weighted by molar-refractivity contribution is 0.619. The molecule has 88 valence electrons. The van der Waals surface area contributed by atoms with E-state index in [1.165, 1.54) is 0 Å². The molecular formula is C10H9Cl2N5. The first kappa shape index (κ1) is 13.5. The van der Waals surface area contributed by atoms with Crippen molar-refractivity contribution < 1.29 is 0 Å². The average molecular weight is 270 g/mol. The van der Waals surface area contributed by atoms with Gasteiger partial charge in [0.15, 0.2) is 10.3 Å². The number of hydrogen-bond donors (Lipinski definition) is 1. The van der Waals surface area contributed by atoms with E-state index in [1.807, 2.05) is 6.92 Å². The summed E-state index contributed by atoms with van der Waals surface area (Å²) >= 11 is 11.5. The number of nitrogens with zero attached hydrogens (tertiary/aromatic N) is 4. The van der Waals surface area contributed by atoms with Crippen molar-refractivity contribution in [2.75, 3.05) is 5.32 Å². The predicted octanol–water partition coefficient (Wildman–Crippen LogP) is 2.76. The molecule has 0 bridgehead atoms. The first-order chi connectivity index (χ1) is 7.95. The third-order valence-corrected chi connectivity index (χ3v) is 2.82. The summed E-state index contributed by atoms with van der Waals surface area (Å²) in [4.78, 5) is 7.74. The van der Waals surface area contributed by atoms with Crippen molar-refractivity contribution in [3.05, 3.63) is 15.9 Å². The molecule has 0 saturated carbocycles. The molecule has 1 N–H and O–H groups in total. The van der Waals surface area contributed by atoms with Gasteiger partial charge in [-0.2, -0.15) is 20.5 Å². The summed E-state index contributed by atoms with van der Waals surface area (Å²) in [7, 11) is 0. The Labute approximate surface area is 109 Å². The van der Waals surface area contributed by atoms with Crippen LogP contribution in [0.5, 0.6) is 0 Å². The Bertz CT molecular complexity index is 493. The van der Waals surface area contributed by atoms with Gasteiger partial charge in [-0.25, -0.2) is 0 Å². The Hall–Kier alpha value is -1.56. The van der Waals surface area contributed by atoms with Crippen LogP contribution in [0.25, 0.3) is 0 Å². The topological polar surface area (TPSA) is 85.4 Å². The van der Waals surface area contributed by atoms with E-state index in [1.54, 1.807) is 13.0 Å². The van der Waals surface area contributed by atoms with Crippen molar-refractivity contribution in [3.8, 4) is 12.1 Å². The minimum Gasteiger partial charge on any atom is -0.336 e. The van der Waals surface area contributed by atoms with Crippen LogP contribution in [0.4, 0.5) is 5.95 Å². The van der Waals surface area contributed by atoms with Gasteiger partial charge in [-0.05, 0) is 13.3 Å². The quantitative estimate of drug-likeness (QED) is 0.853. The highest BCUT2D eigenvalue weighted by Gasteiger charge is 2.23. The molecule has 1 heterocycles. The number of hydrogen-bond acceptors (Lipinski definition) is 5. The Balaban J connectivity index is 3.12. The molecule has 0 aromatic carbocycles. The van der Waals surface area contributed by atoms with Crippen LogP contribution in [0.3, 0.4) is 0 Å². The van der Waals surface area contributed by atoms with Gasteiger partial charge in [-0.15, -0.1) is 0 Å². The van der Waals surface area contributed by atoms with Crippen LogP contribution in [0, 0.1) is 22.7 Å². The van der Waals surface area contributed by atoms with Gasteiger partial charge < -0.3 is 5.32 Å². The minimum atomic E-state index is -0.805. The SMILES string of the molecule is CCC(C)(C#N)Nc1nc(Cl)c(C#N)c(Cl)n1. The molecule has 0 radical (unpaired) electrons. The number of rotatable bonds is 3. The zero-order valence-corrected chi connectivity index (χ0v) is 10.8. The predicted molar refractivity (Wildman–Crippen MR) is 64.7 cm³/mol. The summed E-state index contributed by atoms with van der Waals surface area (Å²) in [6.07, 6.45) is 0.558. The van der Waals surface area contributed by atoms with Gasteiger partial charge in [0.2, 0.25) is 5.95 Å². The molecule has 0 aliphatic carbocycles. The summed E-state index contributed by atoms with van der Waals surface area (Å²) in [5, 5.41) is 20.5. The molecule has 1 atom stereocenters. The molecule has 5 nitrogen and oxygen atoms in total. The molecule has 0 spiro atoms. The molecule has 1 aromatic rings. The Morgan fingerprint density at radius 3 is 2.18 bits per heavy atom. The zero-order valence-electron chi connectivity index (χ0n) is 9.25. The molecule has 0 aliphatic rings. The van der Waals surface area contributed by atoms with E-state index in [9.17, 15) is 0 Å². The fraction of sp³-hybridized carbons (Fsp3) is 0.400. The van der Waals surface area contributed by atoms with Crippen molar-refractivity contribution in [2.45, 2.75) is 25.8 Å². The second-order valence-corrected chi connectivity index (χ2v) is 4.25. The zero-order chi connectivity index (χ0) is 13.1. The van der Waals surface area contributed by atoms with E-state index >= 15 is 0 Å². The number of halogens is 2. The number of aromatic nitrogens is 2. The molecule has 0 amide bonds. The van der Waals surface area contributed by atoms with Crippen LogP contribution < -0.4 is 5.32 Å². The van der Waals surface area contributed by atoms with E-state index in [-0.39, 0.29) is 21.8 Å². The molecule has 1 aromatic heterocycles. The largest absolute Gasteiger partial charge is 0.336 e. The maximum atomic E-state index is 9.00. The van der Waals surface area contributed by atoms with Crippen LogP contribution >= 0.6 is 23.2 Å². The van der Waals surface area contributed by atoms with Crippen LogP contribution in [0.2, 0.25) is 10.3 Å². The third-order valence-electron chi connectivity index (χ3n) is 2.27. The summed E-state index contributed by atoms with van der Waals surface area (Å²) in [5.41, 5.74) is -0.782. The molecular weight excluding hydrogens is 261 g/mol. The standard InChI is InChI=1S/C10H9Cl2N5/c1-3-10(2,5-14)17-9-15-7(11)6(4-13)8(12)16-9/h3H2,1-2H3,(H,15,16,17). The second-order valence-electron chi connectivity index (χ2n) is 3.54. The average Bonchev–Trinajstić information content (AvgIpc) is 2.28. The molecule has 1 unspecified atom stereocenters. The fourth-order valence-corrected chi connectivity index (χ4v) is 1.47. The number of nitrogens with one attached hydrogen (secondary N) is 1. The smallest absolute Gasteiger partial charge is 0.226 e. The second kappa shape index (κ2) is 5.18. The molecule has 0 fully saturated rings. The van der Waals surface area contributed by atoms with Crippen LogP contribution in [0.15, 0.2) is 0 Å². The highest BCUT2D eigenvalue weighted by atomic mass is 35.5. The van der Waals surface area contributed by atoms with E-state index in [0.717, 1.165) is 0 Å².